The number of nitrogens with zero attached hydrogens (tertiary/aromatic N) is 3. The lowest BCUT2D eigenvalue weighted by Gasteiger charge is -2.28. The third-order valence-corrected chi connectivity index (χ3v) is 5.01. The van der Waals surface area contributed by atoms with Gasteiger partial charge in [-0.25, -0.2) is 9.67 Å². The highest BCUT2D eigenvalue weighted by Crippen LogP contribution is 2.49. The summed E-state index contributed by atoms with van der Waals surface area (Å²) >= 11 is 0. The van der Waals surface area contributed by atoms with E-state index in [9.17, 15) is 0 Å². The Morgan fingerprint density at radius 3 is 3.00 bits per heavy atom. The van der Waals surface area contributed by atoms with Crippen molar-refractivity contribution in [1.29, 1.82) is 0 Å². The zero-order valence-corrected chi connectivity index (χ0v) is 11.5. The van der Waals surface area contributed by atoms with Crippen LogP contribution in [0.5, 0.6) is 0 Å². The molecule has 4 heteroatoms. The highest BCUT2D eigenvalue weighted by Gasteiger charge is 2.41. The van der Waals surface area contributed by atoms with Crippen molar-refractivity contribution in [3.63, 3.8) is 0 Å². The van der Waals surface area contributed by atoms with Gasteiger partial charge in [0.05, 0.1) is 6.54 Å². The maximum atomic E-state index is 4.32. The van der Waals surface area contributed by atoms with Gasteiger partial charge in [-0.05, 0) is 50.9 Å². The van der Waals surface area contributed by atoms with Crippen molar-refractivity contribution in [3.05, 3.63) is 12.2 Å². The topological polar surface area (TPSA) is 42.7 Å². The van der Waals surface area contributed by atoms with E-state index in [1.165, 1.54) is 25.7 Å². The highest BCUT2D eigenvalue weighted by molar-refractivity contribution is 4.95. The van der Waals surface area contributed by atoms with E-state index < -0.39 is 0 Å². The summed E-state index contributed by atoms with van der Waals surface area (Å²) in [4.78, 5) is 4.32. The molecule has 100 valence electrons. The van der Waals surface area contributed by atoms with Crippen LogP contribution in [0.25, 0.3) is 0 Å². The maximum Gasteiger partial charge on any atom is 0.140 e. The molecule has 2 aliphatic rings. The Labute approximate surface area is 109 Å². The van der Waals surface area contributed by atoms with Gasteiger partial charge in [0.1, 0.15) is 12.2 Å². The van der Waals surface area contributed by atoms with E-state index in [1.54, 1.807) is 6.33 Å². The fourth-order valence-electron chi connectivity index (χ4n) is 4.00. The molecule has 1 aromatic heterocycles. The Balaban J connectivity index is 1.54. The van der Waals surface area contributed by atoms with Gasteiger partial charge < -0.3 is 5.32 Å². The summed E-state index contributed by atoms with van der Waals surface area (Å²) in [5, 5.41) is 7.88. The Morgan fingerprint density at radius 2 is 2.33 bits per heavy atom. The molecule has 0 spiro atoms. The van der Waals surface area contributed by atoms with Gasteiger partial charge in [-0.2, -0.15) is 5.10 Å². The Bertz CT molecular complexity index is 400. The summed E-state index contributed by atoms with van der Waals surface area (Å²) in [7, 11) is 0. The van der Waals surface area contributed by atoms with Crippen LogP contribution in [-0.2, 0) is 13.1 Å². The predicted octanol–water partition coefficient (Wildman–Crippen LogP) is 2.21. The van der Waals surface area contributed by atoms with E-state index in [-0.39, 0.29) is 0 Å². The largest absolute Gasteiger partial charge is 0.307 e. The normalized spacial score (nSPS) is 32.0. The van der Waals surface area contributed by atoms with Crippen molar-refractivity contribution in [2.45, 2.75) is 58.7 Å². The average molecular weight is 248 g/mol. The van der Waals surface area contributed by atoms with Gasteiger partial charge in [-0.15, -0.1) is 0 Å². The van der Waals surface area contributed by atoms with E-state index in [0.717, 1.165) is 36.7 Å². The van der Waals surface area contributed by atoms with Gasteiger partial charge in [0.2, 0.25) is 0 Å². The molecule has 0 aliphatic heterocycles. The Hall–Kier alpha value is -0.900. The number of aromatic nitrogens is 3. The van der Waals surface area contributed by atoms with Crippen LogP contribution in [0.15, 0.2) is 6.33 Å². The van der Waals surface area contributed by atoms with Crippen molar-refractivity contribution >= 4 is 0 Å². The summed E-state index contributed by atoms with van der Waals surface area (Å²) in [6.45, 7) is 6.21. The lowest BCUT2D eigenvalue weighted by Crippen LogP contribution is -2.36. The summed E-state index contributed by atoms with van der Waals surface area (Å²) < 4.78 is 1.97. The zero-order chi connectivity index (χ0) is 12.5. The molecule has 2 bridgehead atoms. The van der Waals surface area contributed by atoms with Crippen LogP contribution in [0.2, 0.25) is 0 Å². The first-order chi connectivity index (χ1) is 8.78. The Morgan fingerprint density at radius 1 is 1.44 bits per heavy atom. The third kappa shape index (κ3) is 2.18. The van der Waals surface area contributed by atoms with Crippen molar-refractivity contribution in [3.8, 4) is 0 Å². The van der Waals surface area contributed by atoms with Crippen LogP contribution in [0.1, 0.15) is 45.4 Å². The van der Waals surface area contributed by atoms with Gasteiger partial charge in [0.25, 0.3) is 0 Å². The molecule has 0 amide bonds. The average Bonchev–Trinajstić information content (AvgIpc) is 3.10. The lowest BCUT2D eigenvalue weighted by atomic mass is 9.84. The molecule has 4 atom stereocenters. The molecular formula is C14H24N4. The second kappa shape index (κ2) is 5.00. The lowest BCUT2D eigenvalue weighted by molar-refractivity contribution is 0.257. The number of aryl methyl sites for hydroxylation is 1. The highest BCUT2D eigenvalue weighted by atomic mass is 15.3. The van der Waals surface area contributed by atoms with E-state index in [1.807, 2.05) is 4.68 Å². The fourth-order valence-corrected chi connectivity index (χ4v) is 4.00. The third-order valence-electron chi connectivity index (χ3n) is 5.01. The van der Waals surface area contributed by atoms with Crippen molar-refractivity contribution in [2.75, 3.05) is 0 Å². The van der Waals surface area contributed by atoms with E-state index in [0.29, 0.717) is 6.04 Å². The smallest absolute Gasteiger partial charge is 0.140 e. The number of fused-ring (bicyclic) bond motifs is 2. The van der Waals surface area contributed by atoms with E-state index >= 15 is 0 Å². The molecule has 2 aliphatic carbocycles. The Kier molecular flexibility index (Phi) is 3.37. The first-order valence-corrected chi connectivity index (χ1v) is 7.38. The monoisotopic (exact) mass is 248 g/mol. The molecule has 2 saturated carbocycles. The van der Waals surface area contributed by atoms with Crippen LogP contribution in [0.4, 0.5) is 0 Å². The standard InChI is InChI=1S/C14H24N4/c1-3-18-14(16-9-17-18)8-15-10(2)13-7-11-4-5-12(13)6-11/h9-13,15H,3-8H2,1-2H3. The summed E-state index contributed by atoms with van der Waals surface area (Å²) in [6.07, 6.45) is 7.54. The van der Waals surface area contributed by atoms with Crippen LogP contribution in [-0.4, -0.2) is 20.8 Å². The van der Waals surface area contributed by atoms with Crippen LogP contribution in [0.3, 0.4) is 0 Å². The molecule has 4 unspecified atom stereocenters. The number of nitrogens with one attached hydrogen (secondary N) is 1. The molecule has 3 rings (SSSR count). The maximum absolute atomic E-state index is 4.32. The van der Waals surface area contributed by atoms with Crippen molar-refractivity contribution in [2.24, 2.45) is 17.8 Å². The quantitative estimate of drug-likeness (QED) is 0.869. The zero-order valence-electron chi connectivity index (χ0n) is 11.5. The molecule has 0 radical (unpaired) electrons. The number of hydrogen-bond donors (Lipinski definition) is 1. The van der Waals surface area contributed by atoms with Gasteiger partial charge in [-0.3, -0.25) is 0 Å². The molecule has 18 heavy (non-hydrogen) atoms. The molecule has 0 aromatic carbocycles. The fraction of sp³-hybridized carbons (Fsp3) is 0.857. The van der Waals surface area contributed by atoms with Crippen LogP contribution < -0.4 is 5.32 Å². The van der Waals surface area contributed by atoms with E-state index in [4.69, 9.17) is 0 Å². The minimum absolute atomic E-state index is 0.613. The minimum atomic E-state index is 0.613. The molecule has 1 heterocycles. The summed E-state index contributed by atoms with van der Waals surface area (Å²) in [6, 6.07) is 0.613. The van der Waals surface area contributed by atoms with Gasteiger partial charge in [0, 0.05) is 12.6 Å². The molecule has 1 N–H and O–H groups in total. The number of hydrogen-bond acceptors (Lipinski definition) is 3. The van der Waals surface area contributed by atoms with Crippen molar-refractivity contribution < 1.29 is 0 Å². The molecule has 0 saturated heterocycles. The second-order valence-electron chi connectivity index (χ2n) is 6.00. The first-order valence-electron chi connectivity index (χ1n) is 7.38. The molecular weight excluding hydrogens is 224 g/mol. The molecule has 1 aromatic rings. The van der Waals surface area contributed by atoms with E-state index in [2.05, 4.69) is 29.2 Å². The first kappa shape index (κ1) is 12.2. The number of rotatable bonds is 5. The molecule has 4 nitrogen and oxygen atoms in total. The van der Waals surface area contributed by atoms with Gasteiger partial charge in [-0.1, -0.05) is 6.42 Å². The van der Waals surface area contributed by atoms with Crippen LogP contribution >= 0.6 is 0 Å². The minimum Gasteiger partial charge on any atom is -0.307 e. The SMILES string of the molecule is CCn1ncnc1CNC(C)C1CC2CCC1C2. The van der Waals surface area contributed by atoms with Crippen molar-refractivity contribution in [1.82, 2.24) is 20.1 Å². The predicted molar refractivity (Wildman–Crippen MR) is 70.9 cm³/mol. The molecule has 2 fully saturated rings. The van der Waals surface area contributed by atoms with Crippen LogP contribution in [0, 0.1) is 17.8 Å². The summed E-state index contributed by atoms with van der Waals surface area (Å²) in [5.41, 5.74) is 0. The van der Waals surface area contributed by atoms with Gasteiger partial charge >= 0.3 is 0 Å². The second-order valence-corrected chi connectivity index (χ2v) is 6.00. The van der Waals surface area contributed by atoms with Gasteiger partial charge in [0.15, 0.2) is 0 Å². The summed E-state index contributed by atoms with van der Waals surface area (Å²) in [5.74, 6) is 3.97.